The molecule has 1 aromatic heterocycles. The van der Waals surface area contributed by atoms with Crippen LogP contribution in [0.3, 0.4) is 0 Å². The Morgan fingerprint density at radius 1 is 1.33 bits per heavy atom. The lowest BCUT2D eigenvalue weighted by Gasteiger charge is -2.07. The van der Waals surface area contributed by atoms with E-state index in [4.69, 9.17) is 17.3 Å². The molecule has 92 valence electrons. The number of halogens is 1. The van der Waals surface area contributed by atoms with Gasteiger partial charge in [0.05, 0.1) is 10.6 Å². The SMILES string of the molecule is NC(=O)c1ccc(NCc2cncnc2)cc1Cl. The molecule has 0 aliphatic heterocycles. The lowest BCUT2D eigenvalue weighted by Crippen LogP contribution is -2.11. The Kier molecular flexibility index (Phi) is 3.74. The van der Waals surface area contributed by atoms with Crippen molar-refractivity contribution in [1.29, 1.82) is 0 Å². The molecular weight excluding hydrogens is 252 g/mol. The number of primary amides is 1. The summed E-state index contributed by atoms with van der Waals surface area (Å²) in [6, 6.07) is 5.00. The third-order valence-corrected chi connectivity index (χ3v) is 2.66. The smallest absolute Gasteiger partial charge is 0.250 e. The van der Waals surface area contributed by atoms with E-state index >= 15 is 0 Å². The number of benzene rings is 1. The van der Waals surface area contributed by atoms with E-state index in [0.717, 1.165) is 11.3 Å². The van der Waals surface area contributed by atoms with Gasteiger partial charge in [-0.15, -0.1) is 0 Å². The van der Waals surface area contributed by atoms with Crippen molar-refractivity contribution in [1.82, 2.24) is 9.97 Å². The van der Waals surface area contributed by atoms with Gasteiger partial charge in [-0.1, -0.05) is 11.6 Å². The predicted octanol–water partition coefficient (Wildman–Crippen LogP) is 1.84. The van der Waals surface area contributed by atoms with Crippen LogP contribution >= 0.6 is 11.6 Å². The van der Waals surface area contributed by atoms with Crippen LogP contribution in [0.15, 0.2) is 36.9 Å². The van der Waals surface area contributed by atoms with Crippen molar-refractivity contribution in [2.45, 2.75) is 6.54 Å². The molecule has 0 saturated heterocycles. The quantitative estimate of drug-likeness (QED) is 0.881. The highest BCUT2D eigenvalue weighted by Crippen LogP contribution is 2.20. The van der Waals surface area contributed by atoms with Crippen LogP contribution in [0.25, 0.3) is 0 Å². The van der Waals surface area contributed by atoms with Gasteiger partial charge in [-0.05, 0) is 18.2 Å². The van der Waals surface area contributed by atoms with Crippen molar-refractivity contribution in [2.75, 3.05) is 5.32 Å². The molecule has 0 atom stereocenters. The maximum atomic E-state index is 11.0. The van der Waals surface area contributed by atoms with E-state index in [2.05, 4.69) is 15.3 Å². The summed E-state index contributed by atoms with van der Waals surface area (Å²) in [4.78, 5) is 18.8. The zero-order valence-corrected chi connectivity index (χ0v) is 10.2. The van der Waals surface area contributed by atoms with Gasteiger partial charge in [0.2, 0.25) is 5.91 Å². The summed E-state index contributed by atoms with van der Waals surface area (Å²) in [5.41, 5.74) is 7.23. The Labute approximate surface area is 109 Å². The molecule has 0 spiro atoms. The van der Waals surface area contributed by atoms with Gasteiger partial charge in [-0.3, -0.25) is 4.79 Å². The van der Waals surface area contributed by atoms with Gasteiger partial charge in [0, 0.05) is 30.2 Å². The molecule has 6 heteroatoms. The van der Waals surface area contributed by atoms with Crippen molar-refractivity contribution in [3.63, 3.8) is 0 Å². The standard InChI is InChI=1S/C12H11ClN4O/c13-11-3-9(1-2-10(11)12(14)18)17-6-8-4-15-7-16-5-8/h1-5,7,17H,6H2,(H2,14,18). The Morgan fingerprint density at radius 2 is 2.06 bits per heavy atom. The lowest BCUT2D eigenvalue weighted by atomic mass is 10.2. The van der Waals surface area contributed by atoms with Crippen molar-refractivity contribution in [3.05, 3.63) is 53.1 Å². The summed E-state index contributed by atoms with van der Waals surface area (Å²) in [6.45, 7) is 0.576. The minimum absolute atomic E-state index is 0.310. The highest BCUT2D eigenvalue weighted by molar-refractivity contribution is 6.34. The van der Waals surface area contributed by atoms with E-state index in [1.807, 2.05) is 0 Å². The first-order valence-corrected chi connectivity index (χ1v) is 5.62. The number of amides is 1. The van der Waals surface area contributed by atoms with E-state index in [-0.39, 0.29) is 0 Å². The minimum atomic E-state index is -0.539. The summed E-state index contributed by atoms with van der Waals surface area (Å²) < 4.78 is 0. The fourth-order valence-electron chi connectivity index (χ4n) is 1.45. The molecule has 5 nitrogen and oxygen atoms in total. The van der Waals surface area contributed by atoms with Gasteiger partial charge in [0.1, 0.15) is 6.33 Å². The van der Waals surface area contributed by atoms with Crippen LogP contribution in [0.4, 0.5) is 5.69 Å². The Morgan fingerprint density at radius 3 is 2.67 bits per heavy atom. The Balaban J connectivity index is 2.07. The highest BCUT2D eigenvalue weighted by Gasteiger charge is 2.06. The molecule has 0 saturated carbocycles. The molecular formula is C12H11ClN4O. The van der Waals surface area contributed by atoms with Gasteiger partial charge in [-0.25, -0.2) is 9.97 Å². The number of carbonyl (C=O) groups is 1. The topological polar surface area (TPSA) is 80.9 Å². The van der Waals surface area contributed by atoms with Gasteiger partial charge in [-0.2, -0.15) is 0 Å². The monoisotopic (exact) mass is 262 g/mol. The fraction of sp³-hybridized carbons (Fsp3) is 0.0833. The van der Waals surface area contributed by atoms with Gasteiger partial charge in [0.25, 0.3) is 0 Å². The summed E-state index contributed by atoms with van der Waals surface area (Å²) >= 11 is 5.94. The molecule has 1 amide bonds. The number of carbonyl (C=O) groups excluding carboxylic acids is 1. The van der Waals surface area contributed by atoms with Crippen LogP contribution in [-0.2, 0) is 6.54 Å². The average molecular weight is 263 g/mol. The lowest BCUT2D eigenvalue weighted by molar-refractivity contribution is 0.100. The number of nitrogens with two attached hydrogens (primary N) is 1. The molecule has 0 unspecified atom stereocenters. The number of nitrogens with zero attached hydrogens (tertiary/aromatic N) is 2. The first-order valence-electron chi connectivity index (χ1n) is 5.24. The van der Waals surface area contributed by atoms with Crippen molar-refractivity contribution < 1.29 is 4.79 Å². The molecule has 3 N–H and O–H groups in total. The summed E-state index contributed by atoms with van der Waals surface area (Å²) in [7, 11) is 0. The first-order chi connectivity index (χ1) is 8.66. The van der Waals surface area contributed by atoms with Crippen LogP contribution in [0.2, 0.25) is 5.02 Å². The van der Waals surface area contributed by atoms with Crippen LogP contribution < -0.4 is 11.1 Å². The summed E-state index contributed by atoms with van der Waals surface area (Å²) in [5, 5.41) is 3.48. The molecule has 0 bridgehead atoms. The second-order valence-electron chi connectivity index (χ2n) is 3.66. The summed E-state index contributed by atoms with van der Waals surface area (Å²) in [5.74, 6) is -0.539. The molecule has 1 aromatic carbocycles. The number of rotatable bonds is 4. The van der Waals surface area contributed by atoms with E-state index in [1.165, 1.54) is 6.33 Å². The van der Waals surface area contributed by atoms with E-state index in [0.29, 0.717) is 17.1 Å². The number of anilines is 1. The van der Waals surface area contributed by atoms with Gasteiger partial charge >= 0.3 is 0 Å². The van der Waals surface area contributed by atoms with Crippen LogP contribution in [-0.4, -0.2) is 15.9 Å². The number of aromatic nitrogens is 2. The molecule has 0 aliphatic rings. The molecule has 2 rings (SSSR count). The van der Waals surface area contributed by atoms with Crippen molar-refractivity contribution >= 4 is 23.2 Å². The zero-order valence-electron chi connectivity index (χ0n) is 9.43. The molecule has 0 fully saturated rings. The molecule has 0 aliphatic carbocycles. The molecule has 0 radical (unpaired) electrons. The third-order valence-electron chi connectivity index (χ3n) is 2.35. The Hall–Kier alpha value is -2.14. The van der Waals surface area contributed by atoms with Gasteiger partial charge < -0.3 is 11.1 Å². The first kappa shape index (κ1) is 12.3. The minimum Gasteiger partial charge on any atom is -0.381 e. The van der Waals surface area contributed by atoms with Crippen molar-refractivity contribution in [2.24, 2.45) is 5.73 Å². The number of hydrogen-bond donors (Lipinski definition) is 2. The van der Waals surface area contributed by atoms with E-state index < -0.39 is 5.91 Å². The fourth-order valence-corrected chi connectivity index (χ4v) is 1.72. The average Bonchev–Trinajstić information content (AvgIpc) is 2.37. The van der Waals surface area contributed by atoms with Crippen LogP contribution in [0.1, 0.15) is 15.9 Å². The predicted molar refractivity (Wildman–Crippen MR) is 69.3 cm³/mol. The zero-order chi connectivity index (χ0) is 13.0. The molecule has 1 heterocycles. The maximum absolute atomic E-state index is 11.0. The van der Waals surface area contributed by atoms with E-state index in [1.54, 1.807) is 30.6 Å². The summed E-state index contributed by atoms with van der Waals surface area (Å²) in [6.07, 6.45) is 4.92. The van der Waals surface area contributed by atoms with E-state index in [9.17, 15) is 4.79 Å². The Bertz CT molecular complexity index is 559. The van der Waals surface area contributed by atoms with Gasteiger partial charge in [0.15, 0.2) is 0 Å². The highest BCUT2D eigenvalue weighted by atomic mass is 35.5. The largest absolute Gasteiger partial charge is 0.381 e. The molecule has 2 aromatic rings. The number of hydrogen-bond acceptors (Lipinski definition) is 4. The normalized spacial score (nSPS) is 10.1. The maximum Gasteiger partial charge on any atom is 0.250 e. The number of nitrogens with one attached hydrogen (secondary N) is 1. The second kappa shape index (κ2) is 5.46. The van der Waals surface area contributed by atoms with Crippen LogP contribution in [0.5, 0.6) is 0 Å². The second-order valence-corrected chi connectivity index (χ2v) is 4.07. The van der Waals surface area contributed by atoms with Crippen molar-refractivity contribution in [3.8, 4) is 0 Å². The van der Waals surface area contributed by atoms with Crippen LogP contribution in [0, 0.1) is 0 Å². The third kappa shape index (κ3) is 2.95. The molecule has 18 heavy (non-hydrogen) atoms.